The molecule has 0 bridgehead atoms. The Labute approximate surface area is 157 Å². The molecule has 0 aliphatic carbocycles. The van der Waals surface area contributed by atoms with Gasteiger partial charge in [-0.15, -0.1) is 0 Å². The topological polar surface area (TPSA) is 111 Å². The second kappa shape index (κ2) is 8.88. The van der Waals surface area contributed by atoms with Crippen LogP contribution < -0.4 is 20.5 Å². The van der Waals surface area contributed by atoms with Crippen LogP contribution in [0.2, 0.25) is 5.02 Å². The molecule has 0 atom stereocenters. The van der Waals surface area contributed by atoms with E-state index in [1.54, 1.807) is 30.3 Å². The summed E-state index contributed by atoms with van der Waals surface area (Å²) in [7, 11) is -2.16. The maximum absolute atomic E-state index is 11.9. The van der Waals surface area contributed by atoms with Gasteiger partial charge in [0, 0.05) is 11.6 Å². The number of rotatable bonds is 8. The van der Waals surface area contributed by atoms with Crippen molar-refractivity contribution in [1.29, 1.82) is 0 Å². The van der Waals surface area contributed by atoms with Crippen LogP contribution in [0, 0.1) is 0 Å². The number of nitrogens with two attached hydrogens (primary N) is 1. The summed E-state index contributed by atoms with van der Waals surface area (Å²) < 4.78 is 27.6. The van der Waals surface area contributed by atoms with E-state index in [2.05, 4.69) is 10.6 Å². The number of sulfonamides is 1. The van der Waals surface area contributed by atoms with E-state index >= 15 is 0 Å². The summed E-state index contributed by atoms with van der Waals surface area (Å²) in [6.07, 6.45) is 0.567. The lowest BCUT2D eigenvalue weighted by Gasteiger charge is -2.11. The SMILES string of the molecule is COc1ccc(Cl)cc1NCC(=O)NCCc1ccc(S(N)(=O)=O)cc1. The van der Waals surface area contributed by atoms with Crippen LogP contribution in [0.4, 0.5) is 5.69 Å². The minimum Gasteiger partial charge on any atom is -0.495 e. The van der Waals surface area contributed by atoms with Crippen LogP contribution >= 0.6 is 11.6 Å². The van der Waals surface area contributed by atoms with Gasteiger partial charge in [-0.3, -0.25) is 4.79 Å². The van der Waals surface area contributed by atoms with Crippen molar-refractivity contribution in [1.82, 2.24) is 5.32 Å². The molecule has 0 fully saturated rings. The van der Waals surface area contributed by atoms with Gasteiger partial charge in [0.2, 0.25) is 15.9 Å². The van der Waals surface area contributed by atoms with Crippen molar-refractivity contribution in [3.05, 3.63) is 53.1 Å². The van der Waals surface area contributed by atoms with Crippen LogP contribution in [-0.2, 0) is 21.2 Å². The molecule has 0 spiro atoms. The lowest BCUT2D eigenvalue weighted by atomic mass is 10.1. The molecule has 0 saturated heterocycles. The van der Waals surface area contributed by atoms with Crippen LogP contribution in [0.5, 0.6) is 5.75 Å². The van der Waals surface area contributed by atoms with Gasteiger partial charge in [0.25, 0.3) is 0 Å². The van der Waals surface area contributed by atoms with Crippen LogP contribution in [0.25, 0.3) is 0 Å². The molecule has 0 aromatic heterocycles. The summed E-state index contributed by atoms with van der Waals surface area (Å²) >= 11 is 5.94. The number of methoxy groups -OCH3 is 1. The van der Waals surface area contributed by atoms with Crippen molar-refractivity contribution in [2.24, 2.45) is 5.14 Å². The Hall–Kier alpha value is -2.29. The van der Waals surface area contributed by atoms with Gasteiger partial charge in [0.05, 0.1) is 24.2 Å². The Morgan fingerprint density at radius 2 is 1.88 bits per heavy atom. The van der Waals surface area contributed by atoms with Crippen molar-refractivity contribution in [2.45, 2.75) is 11.3 Å². The number of carbonyl (C=O) groups excluding carboxylic acids is 1. The van der Waals surface area contributed by atoms with E-state index in [9.17, 15) is 13.2 Å². The maximum Gasteiger partial charge on any atom is 0.239 e. The number of hydrogen-bond donors (Lipinski definition) is 3. The number of hydrogen-bond acceptors (Lipinski definition) is 5. The summed E-state index contributed by atoms with van der Waals surface area (Å²) in [5.41, 5.74) is 1.52. The molecule has 0 saturated carbocycles. The third-order valence-corrected chi connectivity index (χ3v) is 4.75. The Kier molecular flexibility index (Phi) is 6.84. The molecule has 2 aromatic rings. The summed E-state index contributed by atoms with van der Waals surface area (Å²) in [5.74, 6) is 0.408. The monoisotopic (exact) mass is 397 g/mol. The molecule has 4 N–H and O–H groups in total. The highest BCUT2D eigenvalue weighted by molar-refractivity contribution is 7.89. The maximum atomic E-state index is 11.9. The lowest BCUT2D eigenvalue weighted by molar-refractivity contribution is -0.119. The average Bonchev–Trinajstić information content (AvgIpc) is 2.60. The van der Waals surface area contributed by atoms with Crippen molar-refractivity contribution >= 4 is 33.2 Å². The molecule has 2 aromatic carbocycles. The van der Waals surface area contributed by atoms with Crippen LogP contribution in [0.1, 0.15) is 5.56 Å². The highest BCUT2D eigenvalue weighted by Crippen LogP contribution is 2.27. The second-order valence-corrected chi connectivity index (χ2v) is 7.48. The largest absolute Gasteiger partial charge is 0.495 e. The van der Waals surface area contributed by atoms with Gasteiger partial charge in [-0.1, -0.05) is 23.7 Å². The van der Waals surface area contributed by atoms with E-state index in [-0.39, 0.29) is 17.3 Å². The van der Waals surface area contributed by atoms with Crippen LogP contribution in [0.3, 0.4) is 0 Å². The van der Waals surface area contributed by atoms with Gasteiger partial charge < -0.3 is 15.4 Å². The zero-order valence-electron chi connectivity index (χ0n) is 14.2. The quantitative estimate of drug-likeness (QED) is 0.628. The van der Waals surface area contributed by atoms with E-state index in [0.29, 0.717) is 29.4 Å². The number of carbonyl (C=O) groups is 1. The number of amides is 1. The van der Waals surface area contributed by atoms with Gasteiger partial charge in [-0.05, 0) is 42.3 Å². The van der Waals surface area contributed by atoms with Crippen molar-refractivity contribution in [2.75, 3.05) is 25.5 Å². The normalized spacial score (nSPS) is 11.0. The molecule has 140 valence electrons. The molecular formula is C17H20ClN3O4S. The summed E-state index contributed by atoms with van der Waals surface area (Å²) in [4.78, 5) is 12.0. The van der Waals surface area contributed by atoms with Gasteiger partial charge in [-0.2, -0.15) is 0 Å². The average molecular weight is 398 g/mol. The number of anilines is 1. The van der Waals surface area contributed by atoms with Gasteiger partial charge >= 0.3 is 0 Å². The standard InChI is InChI=1S/C17H20ClN3O4S/c1-25-16-7-4-13(18)10-15(16)21-11-17(22)20-9-8-12-2-5-14(6-3-12)26(19,23)24/h2-7,10,21H,8-9,11H2,1H3,(H,20,22)(H2,19,23,24). The minimum atomic E-state index is -3.69. The number of primary sulfonamides is 1. The van der Waals surface area contributed by atoms with E-state index in [1.165, 1.54) is 19.2 Å². The minimum absolute atomic E-state index is 0.0601. The predicted octanol–water partition coefficient (Wildman–Crippen LogP) is 1.77. The molecule has 9 heteroatoms. The highest BCUT2D eigenvalue weighted by Gasteiger charge is 2.08. The first kappa shape index (κ1) is 20.0. The van der Waals surface area contributed by atoms with E-state index in [4.69, 9.17) is 21.5 Å². The molecule has 0 heterocycles. The fourth-order valence-electron chi connectivity index (χ4n) is 2.25. The van der Waals surface area contributed by atoms with Gasteiger partial charge in [-0.25, -0.2) is 13.6 Å². The number of benzene rings is 2. The first-order valence-corrected chi connectivity index (χ1v) is 9.68. The van der Waals surface area contributed by atoms with Crippen molar-refractivity contribution < 1.29 is 17.9 Å². The van der Waals surface area contributed by atoms with Gasteiger partial charge in [0.15, 0.2) is 0 Å². The van der Waals surface area contributed by atoms with Crippen molar-refractivity contribution in [3.63, 3.8) is 0 Å². The van der Waals surface area contributed by atoms with E-state index in [0.717, 1.165) is 5.56 Å². The molecule has 26 heavy (non-hydrogen) atoms. The number of ether oxygens (including phenoxy) is 1. The summed E-state index contributed by atoms with van der Waals surface area (Å²) in [6.45, 7) is 0.489. The fourth-order valence-corrected chi connectivity index (χ4v) is 2.94. The Bertz CT molecular complexity index is 870. The molecule has 0 aliphatic heterocycles. The van der Waals surface area contributed by atoms with E-state index in [1.807, 2.05) is 0 Å². The lowest BCUT2D eigenvalue weighted by Crippen LogP contribution is -2.31. The summed E-state index contributed by atoms with van der Waals surface area (Å²) in [5, 5.41) is 11.3. The molecule has 1 amide bonds. The summed E-state index contributed by atoms with van der Waals surface area (Å²) in [6, 6.07) is 11.3. The fraction of sp³-hybridized carbons (Fsp3) is 0.235. The zero-order chi connectivity index (χ0) is 19.2. The van der Waals surface area contributed by atoms with Gasteiger partial charge in [0.1, 0.15) is 5.75 Å². The Balaban J connectivity index is 1.80. The Morgan fingerprint density at radius 3 is 2.50 bits per heavy atom. The number of halogens is 1. The van der Waals surface area contributed by atoms with E-state index < -0.39 is 10.0 Å². The molecular weight excluding hydrogens is 378 g/mol. The second-order valence-electron chi connectivity index (χ2n) is 5.49. The molecule has 0 radical (unpaired) electrons. The molecule has 7 nitrogen and oxygen atoms in total. The first-order valence-electron chi connectivity index (χ1n) is 7.75. The van der Waals surface area contributed by atoms with Crippen LogP contribution in [-0.4, -0.2) is 34.5 Å². The number of nitrogens with one attached hydrogen (secondary N) is 2. The van der Waals surface area contributed by atoms with Crippen molar-refractivity contribution in [3.8, 4) is 5.75 Å². The van der Waals surface area contributed by atoms with Crippen LogP contribution in [0.15, 0.2) is 47.4 Å². The predicted molar refractivity (Wildman–Crippen MR) is 101 cm³/mol. The molecule has 0 unspecified atom stereocenters. The first-order chi connectivity index (χ1) is 12.3. The third kappa shape index (κ3) is 5.91. The highest BCUT2D eigenvalue weighted by atomic mass is 35.5. The Morgan fingerprint density at radius 1 is 1.19 bits per heavy atom. The smallest absolute Gasteiger partial charge is 0.239 e. The third-order valence-electron chi connectivity index (χ3n) is 3.59. The molecule has 0 aliphatic rings. The zero-order valence-corrected chi connectivity index (χ0v) is 15.7. The molecule has 2 rings (SSSR count).